The molecule has 0 unspecified atom stereocenters. The summed E-state index contributed by atoms with van der Waals surface area (Å²) in [7, 11) is 0. The number of hydrogen-bond acceptors (Lipinski definition) is 4. The second kappa shape index (κ2) is 13.8. The molecule has 0 amide bonds. The van der Waals surface area contributed by atoms with Crippen LogP contribution >= 0.6 is 0 Å². The average molecular weight is 619 g/mol. The summed E-state index contributed by atoms with van der Waals surface area (Å²) in [5.74, 6) is 0. The van der Waals surface area contributed by atoms with E-state index < -0.39 is 12.6 Å². The van der Waals surface area contributed by atoms with Crippen LogP contribution < -0.4 is 0 Å². The average Bonchev–Trinajstić information content (AvgIpc) is 3.57. The lowest BCUT2D eigenvalue weighted by atomic mass is 9.87. The van der Waals surface area contributed by atoms with E-state index >= 15 is 0 Å². The molecule has 0 bridgehead atoms. The Labute approximate surface area is 276 Å². The molecular formula is C42H50O4. The highest BCUT2D eigenvalue weighted by Gasteiger charge is 2.30. The Balaban J connectivity index is 1.47. The Kier molecular flexibility index (Phi) is 9.82. The van der Waals surface area contributed by atoms with Crippen molar-refractivity contribution < 1.29 is 18.9 Å². The molecule has 0 radical (unpaired) electrons. The summed E-state index contributed by atoms with van der Waals surface area (Å²) >= 11 is 0. The van der Waals surface area contributed by atoms with Crippen LogP contribution in [0.4, 0.5) is 0 Å². The normalized spacial score (nSPS) is 13.4. The van der Waals surface area contributed by atoms with Crippen LogP contribution in [0, 0.1) is 0 Å². The molecule has 0 aromatic heterocycles. The van der Waals surface area contributed by atoms with E-state index in [2.05, 4.69) is 128 Å². The van der Waals surface area contributed by atoms with Gasteiger partial charge >= 0.3 is 0 Å². The highest BCUT2D eigenvalue weighted by atomic mass is 16.7. The van der Waals surface area contributed by atoms with E-state index in [1.807, 2.05) is 0 Å². The summed E-state index contributed by atoms with van der Waals surface area (Å²) < 4.78 is 25.9. The molecule has 0 saturated heterocycles. The van der Waals surface area contributed by atoms with Crippen molar-refractivity contribution in [2.45, 2.75) is 118 Å². The number of fused-ring (bicyclic) bond motifs is 6. The second-order valence-corrected chi connectivity index (χ2v) is 13.9. The topological polar surface area (TPSA) is 36.9 Å². The van der Waals surface area contributed by atoms with Crippen LogP contribution in [0.5, 0.6) is 0 Å². The van der Waals surface area contributed by atoms with Crippen molar-refractivity contribution in [2.24, 2.45) is 0 Å². The lowest BCUT2D eigenvalue weighted by Gasteiger charge is -2.28. The number of hydrogen-bond donors (Lipinski definition) is 0. The molecule has 4 aromatic carbocycles. The first kappa shape index (κ1) is 32.7. The Morgan fingerprint density at radius 2 is 0.783 bits per heavy atom. The Morgan fingerprint density at radius 1 is 0.435 bits per heavy atom. The van der Waals surface area contributed by atoms with Crippen LogP contribution in [0.25, 0.3) is 22.3 Å². The van der Waals surface area contributed by atoms with Gasteiger partial charge in [0, 0.05) is 11.1 Å². The van der Waals surface area contributed by atoms with Crippen molar-refractivity contribution in [3.8, 4) is 22.3 Å². The van der Waals surface area contributed by atoms with Gasteiger partial charge in [-0.1, -0.05) is 72.8 Å². The van der Waals surface area contributed by atoms with Crippen LogP contribution in [0.15, 0.2) is 72.8 Å². The quantitative estimate of drug-likeness (QED) is 0.121. The van der Waals surface area contributed by atoms with Crippen LogP contribution in [0.1, 0.15) is 112 Å². The third kappa shape index (κ3) is 6.73. The molecule has 0 spiro atoms. The van der Waals surface area contributed by atoms with E-state index in [1.165, 1.54) is 55.6 Å². The number of rotatable bonds is 13. The molecule has 0 atom stereocenters. The van der Waals surface area contributed by atoms with Gasteiger partial charge in [0.05, 0.1) is 24.4 Å². The van der Waals surface area contributed by atoms with Crippen molar-refractivity contribution in [1.29, 1.82) is 0 Å². The monoisotopic (exact) mass is 618 g/mol. The molecule has 4 heteroatoms. The van der Waals surface area contributed by atoms with Crippen molar-refractivity contribution in [2.75, 3.05) is 0 Å². The van der Waals surface area contributed by atoms with Gasteiger partial charge in [-0.3, -0.25) is 0 Å². The number of ether oxygens (including phenoxy) is 4. The van der Waals surface area contributed by atoms with Gasteiger partial charge in [-0.05, 0) is 137 Å². The summed E-state index contributed by atoms with van der Waals surface area (Å²) in [5.41, 5.74) is 15.9. The largest absolute Gasteiger partial charge is 0.346 e. The van der Waals surface area contributed by atoms with Gasteiger partial charge in [0.15, 0.2) is 12.6 Å². The van der Waals surface area contributed by atoms with Gasteiger partial charge in [0.1, 0.15) is 0 Å². The zero-order chi connectivity index (χ0) is 32.5. The van der Waals surface area contributed by atoms with E-state index in [0.29, 0.717) is 0 Å². The highest BCUT2D eigenvalue weighted by molar-refractivity contribution is 5.80. The smallest absolute Gasteiger partial charge is 0.184 e. The van der Waals surface area contributed by atoms with E-state index in [-0.39, 0.29) is 24.4 Å². The minimum Gasteiger partial charge on any atom is -0.346 e. The highest BCUT2D eigenvalue weighted by Crippen LogP contribution is 2.45. The molecule has 0 fully saturated rings. The lowest BCUT2D eigenvalue weighted by molar-refractivity contribution is -0.186. The maximum Gasteiger partial charge on any atom is 0.184 e. The zero-order valence-electron chi connectivity index (χ0n) is 28.9. The Hall–Kier alpha value is -3.28. The van der Waals surface area contributed by atoms with Crippen LogP contribution in [0.3, 0.4) is 0 Å². The molecule has 0 heterocycles. The third-order valence-electron chi connectivity index (χ3n) is 9.00. The summed E-state index contributed by atoms with van der Waals surface area (Å²) in [5, 5.41) is 0. The second-order valence-electron chi connectivity index (χ2n) is 13.9. The van der Waals surface area contributed by atoms with Gasteiger partial charge in [-0.15, -0.1) is 0 Å². The lowest BCUT2D eigenvalue weighted by Crippen LogP contribution is -2.21. The minimum atomic E-state index is -0.435. The molecular weight excluding hydrogens is 568 g/mol. The molecule has 0 saturated carbocycles. The first-order valence-electron chi connectivity index (χ1n) is 17.2. The first-order chi connectivity index (χ1) is 22.1. The molecule has 46 heavy (non-hydrogen) atoms. The summed E-state index contributed by atoms with van der Waals surface area (Å²) in [4.78, 5) is 0. The fourth-order valence-electron chi connectivity index (χ4n) is 7.21. The summed E-state index contributed by atoms with van der Waals surface area (Å²) in [6.07, 6.45) is 2.84. The molecule has 2 aliphatic carbocycles. The summed E-state index contributed by atoms with van der Waals surface area (Å²) in [6, 6.07) is 26.7. The SMILES string of the molecule is CC(C)OC(OC(C)C)c1ccc2c(c1CCc1c(C(OC(C)C)OC(C)C)ccc3c1Cc1ccccc1-3)Cc1ccccc1-2. The molecule has 6 rings (SSSR count). The van der Waals surface area contributed by atoms with Crippen molar-refractivity contribution in [1.82, 2.24) is 0 Å². The van der Waals surface area contributed by atoms with Crippen LogP contribution in [-0.4, -0.2) is 24.4 Å². The van der Waals surface area contributed by atoms with Crippen molar-refractivity contribution in [3.63, 3.8) is 0 Å². The van der Waals surface area contributed by atoms with Crippen molar-refractivity contribution >= 4 is 0 Å². The predicted molar refractivity (Wildman–Crippen MR) is 187 cm³/mol. The molecule has 4 aromatic rings. The Morgan fingerprint density at radius 3 is 1.13 bits per heavy atom. The third-order valence-corrected chi connectivity index (χ3v) is 9.00. The maximum atomic E-state index is 6.48. The molecule has 2 aliphatic rings. The standard InChI is InChI=1S/C42H50O4/c1-25(2)43-41(44-26(3)4)37-21-19-33-31-15-11-9-13-29(31)23-39(33)35(37)17-18-36-38(42(45-27(5)6)46-28(7)8)22-20-34-32-16-12-10-14-30(32)24-40(34)36/h9-16,19-22,25-28,41-42H,17-18,23-24H2,1-8H3. The van der Waals surface area contributed by atoms with E-state index in [0.717, 1.165) is 36.8 Å². The Bertz CT molecular complexity index is 1540. The van der Waals surface area contributed by atoms with Gasteiger partial charge in [0.25, 0.3) is 0 Å². The van der Waals surface area contributed by atoms with Crippen LogP contribution in [0.2, 0.25) is 0 Å². The molecule has 0 aliphatic heterocycles. The zero-order valence-corrected chi connectivity index (χ0v) is 28.9. The summed E-state index contributed by atoms with van der Waals surface area (Å²) in [6.45, 7) is 16.7. The van der Waals surface area contributed by atoms with E-state index in [1.54, 1.807) is 0 Å². The maximum absolute atomic E-state index is 6.48. The minimum absolute atomic E-state index is 0.0340. The number of benzene rings is 4. The van der Waals surface area contributed by atoms with Gasteiger partial charge in [-0.2, -0.15) is 0 Å². The molecule has 242 valence electrons. The fraction of sp³-hybridized carbons (Fsp3) is 0.429. The van der Waals surface area contributed by atoms with Crippen molar-refractivity contribution in [3.05, 3.63) is 117 Å². The van der Waals surface area contributed by atoms with Crippen LogP contribution in [-0.2, 0) is 44.6 Å². The van der Waals surface area contributed by atoms with E-state index in [9.17, 15) is 0 Å². The van der Waals surface area contributed by atoms with E-state index in [4.69, 9.17) is 18.9 Å². The molecule has 0 N–H and O–H groups in total. The van der Waals surface area contributed by atoms with Gasteiger partial charge in [-0.25, -0.2) is 0 Å². The van der Waals surface area contributed by atoms with Gasteiger partial charge in [0.2, 0.25) is 0 Å². The first-order valence-corrected chi connectivity index (χ1v) is 17.2. The predicted octanol–water partition coefficient (Wildman–Crippen LogP) is 10.3. The fourth-order valence-corrected chi connectivity index (χ4v) is 7.21. The van der Waals surface area contributed by atoms with Gasteiger partial charge < -0.3 is 18.9 Å². The molecule has 4 nitrogen and oxygen atoms in total.